The van der Waals surface area contributed by atoms with Gasteiger partial charge in [-0.05, 0) is 37.8 Å². The molecule has 1 aromatic carbocycles. The monoisotopic (exact) mass is 319 g/mol. The minimum absolute atomic E-state index is 0.234. The largest absolute Gasteiger partial charge is 0.482 e. The van der Waals surface area contributed by atoms with Crippen LogP contribution in [0.5, 0.6) is 11.5 Å². The molecular weight excluding hydrogens is 294 g/mol. The molecule has 1 saturated carbocycles. The van der Waals surface area contributed by atoms with E-state index in [1.807, 2.05) is 25.1 Å². The van der Waals surface area contributed by atoms with Crippen molar-refractivity contribution in [3.8, 4) is 11.5 Å². The van der Waals surface area contributed by atoms with Crippen LogP contribution in [0.3, 0.4) is 0 Å². The topological polar surface area (TPSA) is 67.8 Å². The third kappa shape index (κ3) is 3.78. The standard InChI is InChI=1S/C18H25NO4/c1-12-17(23-16-10-6-5-9-15(16)22-12)18(21)19-11-14(20)13-7-3-2-4-8-13/h5-6,9-10,12-14,17,20H,2-4,7-8,11H2,1H3,(H,19,21)/t12-,14-,17-/m0/s1. The fraction of sp³-hybridized carbons (Fsp3) is 0.611. The average Bonchev–Trinajstić information content (AvgIpc) is 2.59. The number of carbonyl (C=O) groups is 1. The van der Waals surface area contributed by atoms with E-state index in [9.17, 15) is 9.90 Å². The van der Waals surface area contributed by atoms with Gasteiger partial charge in [0.2, 0.25) is 6.10 Å². The molecule has 0 aromatic heterocycles. The zero-order valence-corrected chi connectivity index (χ0v) is 13.5. The number of hydrogen-bond acceptors (Lipinski definition) is 4. The molecule has 1 aliphatic heterocycles. The average molecular weight is 319 g/mol. The Balaban J connectivity index is 1.54. The molecule has 5 heteroatoms. The molecule has 0 spiro atoms. The number of nitrogens with one attached hydrogen (secondary N) is 1. The van der Waals surface area contributed by atoms with Gasteiger partial charge in [-0.3, -0.25) is 4.79 Å². The SMILES string of the molecule is C[C@@H]1Oc2ccccc2O[C@@H]1C(=O)NC[C@H](O)C1CCCCC1. The number of carbonyl (C=O) groups excluding carboxylic acids is 1. The van der Waals surface area contributed by atoms with Crippen molar-refractivity contribution in [3.05, 3.63) is 24.3 Å². The van der Waals surface area contributed by atoms with Crippen LogP contribution in [0.25, 0.3) is 0 Å². The van der Waals surface area contributed by atoms with Crippen molar-refractivity contribution < 1.29 is 19.4 Å². The lowest BCUT2D eigenvalue weighted by molar-refractivity contribution is -0.134. The number of hydrogen-bond donors (Lipinski definition) is 2. The highest BCUT2D eigenvalue weighted by Crippen LogP contribution is 2.33. The van der Waals surface area contributed by atoms with Crippen LogP contribution in [0.15, 0.2) is 24.3 Å². The molecular formula is C18H25NO4. The van der Waals surface area contributed by atoms with E-state index in [-0.39, 0.29) is 18.6 Å². The van der Waals surface area contributed by atoms with Gasteiger partial charge in [-0.1, -0.05) is 31.4 Å². The summed E-state index contributed by atoms with van der Waals surface area (Å²) < 4.78 is 11.5. The van der Waals surface area contributed by atoms with Crippen molar-refractivity contribution in [3.63, 3.8) is 0 Å². The summed E-state index contributed by atoms with van der Waals surface area (Å²) in [4.78, 5) is 12.4. The molecule has 3 atom stereocenters. The molecule has 0 unspecified atom stereocenters. The van der Waals surface area contributed by atoms with E-state index < -0.39 is 12.2 Å². The van der Waals surface area contributed by atoms with Gasteiger partial charge in [0.15, 0.2) is 11.5 Å². The first-order valence-corrected chi connectivity index (χ1v) is 8.53. The smallest absolute Gasteiger partial charge is 0.265 e. The number of aliphatic hydroxyl groups is 1. The van der Waals surface area contributed by atoms with Gasteiger partial charge in [0.25, 0.3) is 5.91 Å². The Labute approximate surface area is 137 Å². The third-order valence-electron chi connectivity index (χ3n) is 4.78. The molecule has 0 bridgehead atoms. The molecule has 23 heavy (non-hydrogen) atoms. The van der Waals surface area contributed by atoms with Gasteiger partial charge >= 0.3 is 0 Å². The van der Waals surface area contributed by atoms with Crippen LogP contribution in [-0.2, 0) is 4.79 Å². The lowest BCUT2D eigenvalue weighted by Gasteiger charge is -2.32. The van der Waals surface area contributed by atoms with E-state index in [1.165, 1.54) is 19.3 Å². The third-order valence-corrected chi connectivity index (χ3v) is 4.78. The Morgan fingerprint density at radius 3 is 2.57 bits per heavy atom. The van der Waals surface area contributed by atoms with Gasteiger partial charge in [-0.15, -0.1) is 0 Å². The zero-order valence-electron chi connectivity index (χ0n) is 13.5. The van der Waals surface area contributed by atoms with Gasteiger partial charge in [0, 0.05) is 6.54 Å². The number of para-hydroxylation sites is 2. The lowest BCUT2D eigenvalue weighted by atomic mass is 9.85. The van der Waals surface area contributed by atoms with Crippen molar-refractivity contribution >= 4 is 5.91 Å². The van der Waals surface area contributed by atoms with Crippen molar-refractivity contribution in [1.29, 1.82) is 0 Å². The normalized spacial score (nSPS) is 25.7. The Morgan fingerprint density at radius 1 is 1.22 bits per heavy atom. The Bertz CT molecular complexity index is 542. The summed E-state index contributed by atoms with van der Waals surface area (Å²) in [6.45, 7) is 2.09. The summed E-state index contributed by atoms with van der Waals surface area (Å²) in [6, 6.07) is 7.33. The molecule has 2 aliphatic rings. The first-order chi connectivity index (χ1) is 11.1. The highest BCUT2D eigenvalue weighted by atomic mass is 16.6. The lowest BCUT2D eigenvalue weighted by Crippen LogP contribution is -2.51. The molecule has 0 saturated heterocycles. The van der Waals surface area contributed by atoms with Gasteiger partial charge < -0.3 is 19.9 Å². The molecule has 0 radical (unpaired) electrons. The van der Waals surface area contributed by atoms with Gasteiger partial charge in [0.05, 0.1) is 6.10 Å². The molecule has 126 valence electrons. The number of fused-ring (bicyclic) bond motifs is 1. The van der Waals surface area contributed by atoms with E-state index in [0.717, 1.165) is 12.8 Å². The highest BCUT2D eigenvalue weighted by molar-refractivity contribution is 5.82. The molecule has 1 fully saturated rings. The van der Waals surface area contributed by atoms with Crippen LogP contribution in [0.1, 0.15) is 39.0 Å². The second-order valence-corrected chi connectivity index (χ2v) is 6.52. The predicted octanol–water partition coefficient (Wildman–Crippen LogP) is 2.27. The van der Waals surface area contributed by atoms with E-state index in [0.29, 0.717) is 17.4 Å². The van der Waals surface area contributed by atoms with Gasteiger partial charge in [-0.2, -0.15) is 0 Å². The summed E-state index contributed by atoms with van der Waals surface area (Å²) in [5.41, 5.74) is 0. The maximum Gasteiger partial charge on any atom is 0.265 e. The molecule has 1 amide bonds. The number of ether oxygens (including phenoxy) is 2. The summed E-state index contributed by atoms with van der Waals surface area (Å²) in [6.07, 6.45) is 4.14. The summed E-state index contributed by atoms with van der Waals surface area (Å²) in [5, 5.41) is 13.1. The second-order valence-electron chi connectivity index (χ2n) is 6.52. The van der Waals surface area contributed by atoms with Crippen LogP contribution in [0.4, 0.5) is 0 Å². The fourth-order valence-corrected chi connectivity index (χ4v) is 3.40. The summed E-state index contributed by atoms with van der Waals surface area (Å²) >= 11 is 0. The van der Waals surface area contributed by atoms with E-state index in [2.05, 4.69) is 5.32 Å². The van der Waals surface area contributed by atoms with Crippen molar-refractivity contribution in [2.45, 2.75) is 57.3 Å². The number of aliphatic hydroxyl groups excluding tert-OH is 1. The first kappa shape index (κ1) is 16.1. The van der Waals surface area contributed by atoms with Crippen molar-refractivity contribution in [1.82, 2.24) is 5.32 Å². The molecule has 3 rings (SSSR count). The minimum atomic E-state index is -0.691. The van der Waals surface area contributed by atoms with Crippen molar-refractivity contribution in [2.24, 2.45) is 5.92 Å². The molecule has 2 N–H and O–H groups in total. The van der Waals surface area contributed by atoms with Crippen LogP contribution >= 0.6 is 0 Å². The number of amides is 1. The van der Waals surface area contributed by atoms with E-state index >= 15 is 0 Å². The van der Waals surface area contributed by atoms with E-state index in [4.69, 9.17) is 9.47 Å². The number of rotatable bonds is 4. The first-order valence-electron chi connectivity index (χ1n) is 8.53. The summed E-state index contributed by atoms with van der Waals surface area (Å²) in [7, 11) is 0. The molecule has 1 aromatic rings. The van der Waals surface area contributed by atoms with Gasteiger partial charge in [-0.25, -0.2) is 0 Å². The van der Waals surface area contributed by atoms with Crippen LogP contribution in [-0.4, -0.2) is 35.9 Å². The Hall–Kier alpha value is -1.75. The zero-order chi connectivity index (χ0) is 16.2. The Morgan fingerprint density at radius 2 is 1.87 bits per heavy atom. The summed E-state index contributed by atoms with van der Waals surface area (Å²) in [5.74, 6) is 1.30. The van der Waals surface area contributed by atoms with Crippen LogP contribution < -0.4 is 14.8 Å². The quantitative estimate of drug-likeness (QED) is 0.893. The maximum atomic E-state index is 12.4. The highest BCUT2D eigenvalue weighted by Gasteiger charge is 2.34. The van der Waals surface area contributed by atoms with Crippen molar-refractivity contribution in [2.75, 3.05) is 6.54 Å². The van der Waals surface area contributed by atoms with E-state index in [1.54, 1.807) is 6.07 Å². The van der Waals surface area contributed by atoms with Gasteiger partial charge in [0.1, 0.15) is 6.10 Å². The fourth-order valence-electron chi connectivity index (χ4n) is 3.40. The molecule has 5 nitrogen and oxygen atoms in total. The maximum absolute atomic E-state index is 12.4. The Kier molecular flexibility index (Phi) is 5.06. The van der Waals surface area contributed by atoms with Crippen LogP contribution in [0.2, 0.25) is 0 Å². The van der Waals surface area contributed by atoms with Crippen LogP contribution in [0, 0.1) is 5.92 Å². The molecule has 1 heterocycles. The number of benzene rings is 1. The predicted molar refractivity (Wildman–Crippen MR) is 86.5 cm³/mol. The second kappa shape index (κ2) is 7.21. The molecule has 1 aliphatic carbocycles. The minimum Gasteiger partial charge on any atom is -0.482 e.